The number of Topliss-reactive ketones (excluding diaryl/α,β-unsaturated/α-hetero) is 1. The molecule has 0 saturated heterocycles. The van der Waals surface area contributed by atoms with Gasteiger partial charge < -0.3 is 9.88 Å². The first-order chi connectivity index (χ1) is 19.9. The third-order valence-electron chi connectivity index (χ3n) is 9.16. The van der Waals surface area contributed by atoms with E-state index in [0.29, 0.717) is 6.42 Å². The zero-order valence-electron chi connectivity index (χ0n) is 26.6. The first-order valence-electron chi connectivity index (χ1n) is 15.9. The van der Waals surface area contributed by atoms with E-state index in [2.05, 4.69) is 83.5 Å². The Morgan fingerprint density at radius 2 is 1.38 bits per heavy atom. The molecule has 42 heavy (non-hydrogen) atoms. The molecule has 1 atom stereocenters. The van der Waals surface area contributed by atoms with Crippen molar-refractivity contribution in [1.29, 1.82) is 0 Å². The molecule has 5 nitrogen and oxygen atoms in total. The van der Waals surface area contributed by atoms with Gasteiger partial charge in [0.1, 0.15) is 6.04 Å². The van der Waals surface area contributed by atoms with Gasteiger partial charge in [-0.05, 0) is 98.4 Å². The van der Waals surface area contributed by atoms with Crippen molar-refractivity contribution in [2.45, 2.75) is 106 Å². The van der Waals surface area contributed by atoms with E-state index in [0.717, 1.165) is 84.5 Å². The smallest absolute Gasteiger partial charge is 0.187 e. The molecule has 0 spiro atoms. The van der Waals surface area contributed by atoms with E-state index in [4.69, 9.17) is 9.98 Å². The molecule has 0 radical (unpaired) electrons. The minimum Gasteiger partial charge on any atom is -0.357 e. The van der Waals surface area contributed by atoms with Gasteiger partial charge in [0, 0.05) is 60.1 Å². The van der Waals surface area contributed by atoms with Crippen LogP contribution in [0.2, 0.25) is 0 Å². The van der Waals surface area contributed by atoms with Crippen molar-refractivity contribution in [3.63, 3.8) is 0 Å². The van der Waals surface area contributed by atoms with Crippen LogP contribution in [0, 0.1) is 0 Å². The van der Waals surface area contributed by atoms with Gasteiger partial charge in [-0.1, -0.05) is 48.5 Å². The maximum atomic E-state index is 14.0. The van der Waals surface area contributed by atoms with Gasteiger partial charge in [-0.25, -0.2) is 9.98 Å². The van der Waals surface area contributed by atoms with E-state index in [1.165, 1.54) is 38.8 Å². The number of rotatable bonds is 8. The maximum absolute atomic E-state index is 14.0. The summed E-state index contributed by atoms with van der Waals surface area (Å²) in [5.41, 5.74) is 13.9. The number of aromatic amines is 1. The zero-order chi connectivity index (χ0) is 29.4. The molecule has 0 aromatic carbocycles. The van der Waals surface area contributed by atoms with Crippen LogP contribution in [0.5, 0.6) is 0 Å². The van der Waals surface area contributed by atoms with E-state index in [-0.39, 0.29) is 32.2 Å². The van der Waals surface area contributed by atoms with Crippen molar-refractivity contribution in [3.05, 3.63) is 79.4 Å². The van der Waals surface area contributed by atoms with Crippen LogP contribution < -0.4 is 10.7 Å². The molecule has 0 aliphatic carbocycles. The average molecular weight is 657 g/mol. The number of H-pyrrole nitrogens is 1. The molecular formula is C36H46N4OPd. The average Bonchev–Trinajstić information content (AvgIpc) is 3.73. The van der Waals surface area contributed by atoms with Crippen LogP contribution in [0.25, 0.3) is 11.6 Å². The third-order valence-corrected chi connectivity index (χ3v) is 9.16. The number of fused-ring (bicyclic) bond motifs is 6. The Morgan fingerprint density at radius 3 is 1.95 bits per heavy atom. The van der Waals surface area contributed by atoms with Gasteiger partial charge in [0.25, 0.3) is 0 Å². The Bertz CT molecular complexity index is 1640. The minimum absolute atomic E-state index is 0. The van der Waals surface area contributed by atoms with E-state index in [1.54, 1.807) is 0 Å². The van der Waals surface area contributed by atoms with Crippen LogP contribution >= 0.6 is 0 Å². The molecule has 4 aliphatic rings. The van der Waals surface area contributed by atoms with Crippen molar-refractivity contribution in [1.82, 2.24) is 9.88 Å². The van der Waals surface area contributed by atoms with Crippen LogP contribution in [0.4, 0.5) is 0 Å². The molecular weight excluding hydrogens is 611 g/mol. The molecule has 0 amide bonds. The molecule has 1 unspecified atom stereocenters. The summed E-state index contributed by atoms with van der Waals surface area (Å²) < 4.78 is 0. The minimum atomic E-state index is -0.347. The maximum Gasteiger partial charge on any atom is 0.187 e. The molecule has 5 heterocycles. The fourth-order valence-corrected chi connectivity index (χ4v) is 7.32. The van der Waals surface area contributed by atoms with Crippen molar-refractivity contribution >= 4 is 28.9 Å². The SMILES string of the molecule is CCC1=C(CC)C2=C(CC)C3=C(CC)C(=O)C(C=C4C=CC(=N4)C=c4[nH]c(c(CC)c4CC)=C(CC)C1=N2)N3CC.[Pd]. The van der Waals surface area contributed by atoms with Gasteiger partial charge in [0.15, 0.2) is 5.78 Å². The Balaban J connectivity index is 0.00000405. The fraction of sp³-hybridized carbons (Fsp3) is 0.472. The standard InChI is InChI=1S/C36H46N4O.Pd/c1-9-23-24(10-2)32-27(13-5)33-25(11-3)26(12-4)34(39-33)28(14-6)35-29(15-7)36(41)31(40(35)16-8)20-22-18-17-21(37-22)19-30(23)38-32;/h17-20,31,38H,9-16H2,1-8H3;. The topological polar surface area (TPSA) is 60.8 Å². The second-order valence-corrected chi connectivity index (χ2v) is 11.1. The van der Waals surface area contributed by atoms with E-state index < -0.39 is 0 Å². The van der Waals surface area contributed by atoms with Gasteiger partial charge in [0.2, 0.25) is 0 Å². The molecule has 0 saturated carbocycles. The summed E-state index contributed by atoms with van der Waals surface area (Å²) in [5, 5.41) is 2.36. The first-order valence-corrected chi connectivity index (χ1v) is 15.9. The second-order valence-electron chi connectivity index (χ2n) is 11.1. The van der Waals surface area contributed by atoms with Crippen LogP contribution in [0.15, 0.2) is 67.6 Å². The fourth-order valence-electron chi connectivity index (χ4n) is 7.32. The van der Waals surface area contributed by atoms with E-state index in [1.807, 2.05) is 6.08 Å². The van der Waals surface area contributed by atoms with Gasteiger partial charge in [0.05, 0.1) is 22.8 Å². The van der Waals surface area contributed by atoms with Gasteiger partial charge in [-0.2, -0.15) is 0 Å². The molecule has 5 rings (SSSR count). The number of hydrogen-bond donors (Lipinski definition) is 1. The van der Waals surface area contributed by atoms with Crippen LogP contribution in [-0.2, 0) is 38.1 Å². The number of hydrogen-bond acceptors (Lipinski definition) is 4. The molecule has 4 aliphatic heterocycles. The van der Waals surface area contributed by atoms with Crippen LogP contribution in [-0.4, -0.2) is 39.7 Å². The predicted molar refractivity (Wildman–Crippen MR) is 172 cm³/mol. The quantitative estimate of drug-likeness (QED) is 0.323. The van der Waals surface area contributed by atoms with Crippen molar-refractivity contribution < 1.29 is 25.2 Å². The number of aliphatic imine (C=N–C) groups is 2. The number of carbonyl (C=O) groups excluding carboxylic acids is 1. The molecule has 8 bridgehead atoms. The largest absolute Gasteiger partial charge is 0.357 e. The number of allylic oxidation sites excluding steroid dienone is 5. The molecule has 1 aromatic heterocycles. The first kappa shape index (κ1) is 32.1. The number of aromatic nitrogens is 1. The second kappa shape index (κ2) is 13.2. The number of carbonyl (C=O) groups is 1. The summed E-state index contributed by atoms with van der Waals surface area (Å²) >= 11 is 0. The van der Waals surface area contributed by atoms with Crippen molar-refractivity contribution in [2.24, 2.45) is 9.98 Å². The molecule has 1 aromatic rings. The Labute approximate surface area is 265 Å². The van der Waals surface area contributed by atoms with E-state index >= 15 is 0 Å². The Kier molecular flexibility index (Phi) is 10.1. The Morgan fingerprint density at radius 1 is 0.738 bits per heavy atom. The van der Waals surface area contributed by atoms with Crippen molar-refractivity contribution in [3.8, 4) is 0 Å². The monoisotopic (exact) mass is 656 g/mol. The summed E-state index contributed by atoms with van der Waals surface area (Å²) in [6.45, 7) is 18.5. The zero-order valence-corrected chi connectivity index (χ0v) is 28.2. The number of nitrogens with zero attached hydrogens (tertiary/aromatic N) is 3. The van der Waals surface area contributed by atoms with Crippen molar-refractivity contribution in [2.75, 3.05) is 6.54 Å². The third kappa shape index (κ3) is 5.05. The normalized spacial score (nSPS) is 20.0. The van der Waals surface area contributed by atoms with E-state index in [9.17, 15) is 4.79 Å². The Hall–Kier alpha value is -2.81. The number of likely N-dealkylation sites (N-methyl/N-ethyl adjacent to an activating group) is 1. The number of ketones is 1. The van der Waals surface area contributed by atoms with Gasteiger partial charge in [-0.3, -0.25) is 4.79 Å². The van der Waals surface area contributed by atoms with Gasteiger partial charge >= 0.3 is 0 Å². The van der Waals surface area contributed by atoms with Crippen LogP contribution in [0.3, 0.4) is 0 Å². The summed E-state index contributed by atoms with van der Waals surface area (Å²) in [6, 6.07) is -0.347. The van der Waals surface area contributed by atoms with Crippen LogP contribution in [0.1, 0.15) is 98.6 Å². The summed E-state index contributed by atoms with van der Waals surface area (Å²) in [5.74, 6) is 0.198. The molecule has 0 fully saturated rings. The summed E-state index contributed by atoms with van der Waals surface area (Å²) in [7, 11) is 0. The summed E-state index contributed by atoms with van der Waals surface area (Å²) in [6.07, 6.45) is 14.5. The molecule has 226 valence electrons. The van der Waals surface area contributed by atoms with Gasteiger partial charge in [-0.15, -0.1) is 0 Å². The number of nitrogens with one attached hydrogen (secondary N) is 1. The summed E-state index contributed by atoms with van der Waals surface area (Å²) in [4.78, 5) is 30.6. The predicted octanol–water partition coefficient (Wildman–Crippen LogP) is 6.56. The molecule has 6 heteroatoms. The molecule has 1 N–H and O–H groups in total.